The number of benzene rings is 4. The van der Waals surface area contributed by atoms with Gasteiger partial charge in [-0.3, -0.25) is 5.32 Å². The van der Waals surface area contributed by atoms with Crippen molar-refractivity contribution in [3.8, 4) is 17.2 Å². The molecule has 0 unspecified atom stereocenters. The zero-order valence-corrected chi connectivity index (χ0v) is 15.3. The number of carbonyl (C=O) groups is 1. The van der Waals surface area contributed by atoms with Crippen molar-refractivity contribution in [2.75, 3.05) is 5.32 Å². The molecule has 1 heterocycles. The third-order valence-corrected chi connectivity index (χ3v) is 4.63. The minimum Gasteiger partial charge on any atom is -0.435 e. The third kappa shape index (κ3) is 3.30. The molecule has 1 amide bonds. The summed E-state index contributed by atoms with van der Waals surface area (Å²) in [6, 6.07) is 28.2. The molecule has 0 aliphatic carbocycles. The number of rotatable bonds is 3. The van der Waals surface area contributed by atoms with Gasteiger partial charge in [0.25, 0.3) is 0 Å². The van der Waals surface area contributed by atoms with Crippen LogP contribution in [0.1, 0.15) is 0 Å². The quantitative estimate of drug-likeness (QED) is 0.401. The van der Waals surface area contributed by atoms with Gasteiger partial charge in [0.15, 0.2) is 5.58 Å². The molecule has 5 heteroatoms. The predicted octanol–water partition coefficient (Wildman–Crippen LogP) is 6.26. The highest BCUT2D eigenvalue weighted by Gasteiger charge is 2.16. The Hall–Kier alpha value is -4.12. The molecule has 1 N–H and O–H groups in total. The monoisotopic (exact) mass is 380 g/mol. The lowest BCUT2D eigenvalue weighted by atomic mass is 10.1. The van der Waals surface area contributed by atoms with E-state index in [9.17, 15) is 4.79 Å². The van der Waals surface area contributed by atoms with E-state index in [1.807, 2.05) is 60.7 Å². The van der Waals surface area contributed by atoms with Gasteiger partial charge in [0.2, 0.25) is 5.89 Å². The molecule has 5 nitrogen and oxygen atoms in total. The Kier molecular flexibility index (Phi) is 4.18. The molecular weight excluding hydrogens is 364 g/mol. The lowest BCUT2D eigenvalue weighted by molar-refractivity contribution is 0.215. The first-order valence-corrected chi connectivity index (χ1v) is 9.19. The number of para-hydroxylation sites is 2. The summed E-state index contributed by atoms with van der Waals surface area (Å²) in [5, 5.41) is 4.86. The highest BCUT2D eigenvalue weighted by atomic mass is 16.6. The molecular formula is C24H16N2O3. The summed E-state index contributed by atoms with van der Waals surface area (Å²) in [5.41, 5.74) is 2.72. The van der Waals surface area contributed by atoms with E-state index in [-0.39, 0.29) is 0 Å². The largest absolute Gasteiger partial charge is 0.435 e. The van der Waals surface area contributed by atoms with E-state index in [1.165, 1.54) is 0 Å². The van der Waals surface area contributed by atoms with Crippen molar-refractivity contribution in [2.24, 2.45) is 0 Å². The van der Waals surface area contributed by atoms with Crippen LogP contribution in [0.15, 0.2) is 95.4 Å². The molecule has 29 heavy (non-hydrogen) atoms. The van der Waals surface area contributed by atoms with Gasteiger partial charge in [-0.2, -0.15) is 0 Å². The molecule has 0 saturated heterocycles. The molecule has 140 valence electrons. The van der Waals surface area contributed by atoms with E-state index in [2.05, 4.69) is 10.3 Å². The molecule has 0 aliphatic rings. The van der Waals surface area contributed by atoms with Gasteiger partial charge in [-0.15, -0.1) is 0 Å². The standard InChI is InChI=1S/C24H16N2O3/c27-24(28-17-9-2-1-3-10-17)26-20-13-7-6-12-19(20)23-25-21-15-14-16-8-4-5-11-18(16)22(21)29-23/h1-15H,(H,26,27). The number of amides is 1. The van der Waals surface area contributed by atoms with Gasteiger partial charge >= 0.3 is 6.09 Å². The second-order valence-electron chi connectivity index (χ2n) is 6.53. The first-order chi connectivity index (χ1) is 14.3. The fraction of sp³-hybridized carbons (Fsp3) is 0. The number of ether oxygens (including phenoxy) is 1. The van der Waals surface area contributed by atoms with E-state index in [0.29, 0.717) is 22.9 Å². The Labute approximate surface area is 166 Å². The second kappa shape index (κ2) is 7.13. The smallest absolute Gasteiger partial charge is 0.417 e. The number of fused-ring (bicyclic) bond motifs is 3. The normalized spacial score (nSPS) is 10.9. The average Bonchev–Trinajstić information content (AvgIpc) is 3.19. The van der Waals surface area contributed by atoms with Gasteiger partial charge in [0.1, 0.15) is 11.3 Å². The lowest BCUT2D eigenvalue weighted by Gasteiger charge is -2.09. The molecule has 0 saturated carbocycles. The van der Waals surface area contributed by atoms with Crippen molar-refractivity contribution < 1.29 is 13.9 Å². The fourth-order valence-electron chi connectivity index (χ4n) is 3.28. The summed E-state index contributed by atoms with van der Waals surface area (Å²) in [6.45, 7) is 0. The average molecular weight is 380 g/mol. The van der Waals surface area contributed by atoms with Crippen LogP contribution >= 0.6 is 0 Å². The molecule has 0 bridgehead atoms. The number of aromatic nitrogens is 1. The summed E-state index contributed by atoms with van der Waals surface area (Å²) in [5.74, 6) is 0.905. The van der Waals surface area contributed by atoms with E-state index >= 15 is 0 Å². The Balaban J connectivity index is 1.50. The first kappa shape index (κ1) is 17.0. The molecule has 5 rings (SSSR count). The van der Waals surface area contributed by atoms with Crippen molar-refractivity contribution in [1.29, 1.82) is 0 Å². The molecule has 0 atom stereocenters. The van der Waals surface area contributed by atoms with E-state index in [4.69, 9.17) is 9.15 Å². The van der Waals surface area contributed by atoms with E-state index < -0.39 is 6.09 Å². The Morgan fingerprint density at radius 1 is 0.828 bits per heavy atom. The minimum atomic E-state index is -0.579. The van der Waals surface area contributed by atoms with E-state index in [0.717, 1.165) is 21.9 Å². The molecule has 0 spiro atoms. The number of oxazole rings is 1. The van der Waals surface area contributed by atoms with Crippen molar-refractivity contribution in [3.05, 3.63) is 91.0 Å². The van der Waals surface area contributed by atoms with Gasteiger partial charge in [0, 0.05) is 5.39 Å². The number of hydrogen-bond acceptors (Lipinski definition) is 4. The molecule has 1 aromatic heterocycles. The summed E-state index contributed by atoms with van der Waals surface area (Å²) >= 11 is 0. The zero-order chi connectivity index (χ0) is 19.6. The topological polar surface area (TPSA) is 64.4 Å². The number of nitrogens with one attached hydrogen (secondary N) is 1. The summed E-state index contributed by atoms with van der Waals surface area (Å²) in [4.78, 5) is 17.0. The maximum absolute atomic E-state index is 12.3. The van der Waals surface area contributed by atoms with Crippen LogP contribution in [0.4, 0.5) is 10.5 Å². The SMILES string of the molecule is O=C(Nc1ccccc1-c1nc2ccc3ccccc3c2o1)Oc1ccccc1. The van der Waals surface area contributed by atoms with Crippen LogP contribution in [0.5, 0.6) is 5.75 Å². The summed E-state index contributed by atoms with van der Waals surface area (Å²) < 4.78 is 11.4. The maximum Gasteiger partial charge on any atom is 0.417 e. The molecule has 4 aromatic carbocycles. The Morgan fingerprint density at radius 3 is 2.48 bits per heavy atom. The van der Waals surface area contributed by atoms with E-state index in [1.54, 1.807) is 30.3 Å². The molecule has 0 aliphatic heterocycles. The predicted molar refractivity (Wildman–Crippen MR) is 113 cm³/mol. The van der Waals surface area contributed by atoms with Crippen molar-refractivity contribution in [1.82, 2.24) is 4.98 Å². The van der Waals surface area contributed by atoms with Gasteiger partial charge in [-0.05, 0) is 35.7 Å². The van der Waals surface area contributed by atoms with Gasteiger partial charge < -0.3 is 9.15 Å². The Morgan fingerprint density at radius 2 is 1.59 bits per heavy atom. The second-order valence-corrected chi connectivity index (χ2v) is 6.53. The van der Waals surface area contributed by atoms with Gasteiger partial charge in [-0.1, -0.05) is 60.7 Å². The molecule has 0 radical (unpaired) electrons. The van der Waals surface area contributed by atoms with Crippen molar-refractivity contribution in [2.45, 2.75) is 0 Å². The highest BCUT2D eigenvalue weighted by Crippen LogP contribution is 2.33. The lowest BCUT2D eigenvalue weighted by Crippen LogP contribution is -2.17. The van der Waals surface area contributed by atoms with Crippen LogP contribution in [0.3, 0.4) is 0 Å². The number of nitrogens with zero attached hydrogens (tertiary/aromatic N) is 1. The number of hydrogen-bond donors (Lipinski definition) is 1. The van der Waals surface area contributed by atoms with Crippen molar-refractivity contribution >= 4 is 33.7 Å². The number of anilines is 1. The molecule has 5 aromatic rings. The first-order valence-electron chi connectivity index (χ1n) is 9.19. The molecule has 0 fully saturated rings. The summed E-state index contributed by atoms with van der Waals surface area (Å²) in [7, 11) is 0. The van der Waals surface area contributed by atoms with Crippen LogP contribution in [0, 0.1) is 0 Å². The maximum atomic E-state index is 12.3. The highest BCUT2D eigenvalue weighted by molar-refractivity contribution is 6.03. The van der Waals surface area contributed by atoms with Crippen LogP contribution in [0.2, 0.25) is 0 Å². The minimum absolute atomic E-state index is 0.437. The third-order valence-electron chi connectivity index (χ3n) is 4.63. The fourth-order valence-corrected chi connectivity index (χ4v) is 3.28. The van der Waals surface area contributed by atoms with Gasteiger partial charge in [0.05, 0.1) is 11.3 Å². The Bertz CT molecular complexity index is 1330. The van der Waals surface area contributed by atoms with Crippen LogP contribution in [0.25, 0.3) is 33.3 Å². The van der Waals surface area contributed by atoms with Crippen LogP contribution < -0.4 is 10.1 Å². The summed E-state index contributed by atoms with van der Waals surface area (Å²) in [6.07, 6.45) is -0.579. The van der Waals surface area contributed by atoms with Crippen molar-refractivity contribution in [3.63, 3.8) is 0 Å². The zero-order valence-electron chi connectivity index (χ0n) is 15.3. The van der Waals surface area contributed by atoms with Crippen LogP contribution in [-0.4, -0.2) is 11.1 Å². The van der Waals surface area contributed by atoms with Gasteiger partial charge in [-0.25, -0.2) is 9.78 Å². The number of carbonyl (C=O) groups excluding carboxylic acids is 1. The van der Waals surface area contributed by atoms with Crippen LogP contribution in [-0.2, 0) is 0 Å².